The number of benzene rings is 2. The Hall–Kier alpha value is -3.51. The van der Waals surface area contributed by atoms with Crippen LogP contribution in [0.5, 0.6) is 0 Å². The minimum Gasteiger partial charge on any atom is -0.325 e. The van der Waals surface area contributed by atoms with Gasteiger partial charge in [-0.1, -0.05) is 12.1 Å². The maximum Gasteiger partial charge on any atom is 0.241 e. The number of aromatic nitrogens is 3. The van der Waals surface area contributed by atoms with Gasteiger partial charge < -0.3 is 11.1 Å². The van der Waals surface area contributed by atoms with E-state index >= 15 is 0 Å². The first-order chi connectivity index (χ1) is 13.2. The second-order valence-electron chi connectivity index (χ2n) is 6.31. The molecule has 2 aromatic heterocycles. The third-order valence-corrected chi connectivity index (χ3v) is 4.41. The fraction of sp³-hybridized carbons (Fsp3) is 0.0952. The van der Waals surface area contributed by atoms with Crippen LogP contribution in [0.2, 0.25) is 0 Å². The smallest absolute Gasteiger partial charge is 0.241 e. The van der Waals surface area contributed by atoms with Crippen molar-refractivity contribution in [1.82, 2.24) is 14.5 Å². The Balaban J connectivity index is 1.45. The lowest BCUT2D eigenvalue weighted by Crippen LogP contribution is -2.37. The van der Waals surface area contributed by atoms with Crippen molar-refractivity contribution in [1.29, 1.82) is 0 Å². The zero-order valence-electron chi connectivity index (χ0n) is 14.6. The molecular formula is C21H19N5O. The van der Waals surface area contributed by atoms with Crippen LogP contribution < -0.4 is 11.1 Å². The number of carbonyl (C=O) groups excluding carboxylic acids is 1. The highest BCUT2D eigenvalue weighted by Gasteiger charge is 2.14. The van der Waals surface area contributed by atoms with E-state index in [0.717, 1.165) is 22.3 Å². The zero-order valence-corrected chi connectivity index (χ0v) is 14.6. The maximum absolute atomic E-state index is 12.3. The number of pyridine rings is 1. The van der Waals surface area contributed by atoms with Gasteiger partial charge in [-0.25, -0.2) is 4.98 Å². The van der Waals surface area contributed by atoms with Crippen LogP contribution >= 0.6 is 0 Å². The topological polar surface area (TPSA) is 85.8 Å². The van der Waals surface area contributed by atoms with Crippen molar-refractivity contribution in [3.05, 3.63) is 84.9 Å². The summed E-state index contributed by atoms with van der Waals surface area (Å²) in [5, 5.41) is 2.87. The summed E-state index contributed by atoms with van der Waals surface area (Å²) in [5.41, 5.74) is 10.7. The fourth-order valence-electron chi connectivity index (χ4n) is 2.97. The molecule has 0 fully saturated rings. The molecule has 0 radical (unpaired) electrons. The summed E-state index contributed by atoms with van der Waals surface area (Å²) in [6.45, 7) is 0. The normalized spacial score (nSPS) is 12.0. The minimum atomic E-state index is -0.621. The standard InChI is InChI=1S/C21H19N5O/c22-18(13-15-9-11-23-12-10-15)21(27)25-16-5-7-17(8-6-16)26-14-24-19-3-1-2-4-20(19)26/h1-12,14,18H,13,22H2,(H,25,27)/t18-/m0/s1. The van der Waals surface area contributed by atoms with Crippen molar-refractivity contribution in [3.8, 4) is 5.69 Å². The number of hydrogen-bond donors (Lipinski definition) is 2. The number of nitrogens with two attached hydrogens (primary N) is 1. The van der Waals surface area contributed by atoms with Crippen LogP contribution in [-0.4, -0.2) is 26.5 Å². The van der Waals surface area contributed by atoms with Gasteiger partial charge in [0.1, 0.15) is 6.33 Å². The Bertz CT molecular complexity index is 1060. The van der Waals surface area contributed by atoms with Crippen molar-refractivity contribution in [3.63, 3.8) is 0 Å². The lowest BCUT2D eigenvalue weighted by molar-refractivity contribution is -0.117. The maximum atomic E-state index is 12.3. The van der Waals surface area contributed by atoms with Gasteiger partial charge in [0, 0.05) is 23.8 Å². The van der Waals surface area contributed by atoms with Crippen LogP contribution in [0.4, 0.5) is 5.69 Å². The molecule has 27 heavy (non-hydrogen) atoms. The van der Waals surface area contributed by atoms with Gasteiger partial charge in [0.25, 0.3) is 0 Å². The Morgan fingerprint density at radius 1 is 1.04 bits per heavy atom. The van der Waals surface area contributed by atoms with Crippen LogP contribution in [0.15, 0.2) is 79.4 Å². The number of imidazole rings is 1. The average Bonchev–Trinajstić information content (AvgIpc) is 3.13. The van der Waals surface area contributed by atoms with Crippen LogP contribution in [0.3, 0.4) is 0 Å². The van der Waals surface area contributed by atoms with Gasteiger partial charge in [-0.2, -0.15) is 0 Å². The Morgan fingerprint density at radius 3 is 2.56 bits per heavy atom. The molecule has 4 rings (SSSR count). The molecule has 3 N–H and O–H groups in total. The summed E-state index contributed by atoms with van der Waals surface area (Å²) in [7, 11) is 0. The first kappa shape index (κ1) is 16.9. The minimum absolute atomic E-state index is 0.215. The van der Waals surface area contributed by atoms with Crippen LogP contribution in [0.25, 0.3) is 16.7 Å². The highest BCUT2D eigenvalue weighted by Crippen LogP contribution is 2.19. The summed E-state index contributed by atoms with van der Waals surface area (Å²) in [4.78, 5) is 20.7. The molecule has 6 heteroatoms. The lowest BCUT2D eigenvalue weighted by Gasteiger charge is -2.13. The molecular weight excluding hydrogens is 338 g/mol. The molecule has 134 valence electrons. The molecule has 2 aromatic carbocycles. The molecule has 1 amide bonds. The number of nitrogens with one attached hydrogen (secondary N) is 1. The number of amides is 1. The second kappa shape index (κ2) is 7.39. The fourth-order valence-corrected chi connectivity index (χ4v) is 2.97. The predicted octanol–water partition coefficient (Wildman–Crippen LogP) is 2.93. The van der Waals surface area contributed by atoms with E-state index in [1.807, 2.05) is 65.2 Å². The van der Waals surface area contributed by atoms with Crippen molar-refractivity contribution >= 4 is 22.6 Å². The number of para-hydroxylation sites is 2. The third-order valence-electron chi connectivity index (χ3n) is 4.41. The molecule has 6 nitrogen and oxygen atoms in total. The number of fused-ring (bicyclic) bond motifs is 1. The van der Waals surface area contributed by atoms with Crippen LogP contribution in [0, 0.1) is 0 Å². The molecule has 0 aliphatic carbocycles. The van der Waals surface area contributed by atoms with Gasteiger partial charge in [-0.3, -0.25) is 14.3 Å². The van der Waals surface area contributed by atoms with E-state index in [2.05, 4.69) is 15.3 Å². The third kappa shape index (κ3) is 3.70. The number of rotatable bonds is 5. The van der Waals surface area contributed by atoms with E-state index in [1.54, 1.807) is 18.7 Å². The molecule has 0 unspecified atom stereocenters. The first-order valence-electron chi connectivity index (χ1n) is 8.68. The molecule has 4 aromatic rings. The molecule has 2 heterocycles. The van der Waals surface area contributed by atoms with Gasteiger partial charge in [-0.05, 0) is 60.5 Å². The van der Waals surface area contributed by atoms with Gasteiger partial charge in [0.2, 0.25) is 5.91 Å². The van der Waals surface area contributed by atoms with Gasteiger partial charge in [0.05, 0.1) is 17.1 Å². The summed E-state index contributed by atoms with van der Waals surface area (Å²) >= 11 is 0. The molecule has 0 aliphatic rings. The largest absolute Gasteiger partial charge is 0.325 e. The van der Waals surface area contributed by atoms with Crippen LogP contribution in [-0.2, 0) is 11.2 Å². The van der Waals surface area contributed by atoms with Crippen molar-refractivity contribution in [2.24, 2.45) is 5.73 Å². The van der Waals surface area contributed by atoms with E-state index in [0.29, 0.717) is 12.1 Å². The summed E-state index contributed by atoms with van der Waals surface area (Å²) < 4.78 is 2.01. The van der Waals surface area contributed by atoms with Gasteiger partial charge in [0.15, 0.2) is 0 Å². The van der Waals surface area contributed by atoms with E-state index < -0.39 is 6.04 Å². The summed E-state index contributed by atoms with van der Waals surface area (Å²) in [5.74, 6) is -0.215. The number of nitrogens with zero attached hydrogens (tertiary/aromatic N) is 3. The first-order valence-corrected chi connectivity index (χ1v) is 8.68. The van der Waals surface area contributed by atoms with Gasteiger partial charge >= 0.3 is 0 Å². The monoisotopic (exact) mass is 357 g/mol. The molecule has 0 spiro atoms. The Labute approximate surface area is 156 Å². The number of anilines is 1. The number of hydrogen-bond acceptors (Lipinski definition) is 4. The number of carbonyl (C=O) groups is 1. The van der Waals surface area contributed by atoms with Crippen LogP contribution in [0.1, 0.15) is 5.56 Å². The van der Waals surface area contributed by atoms with Crippen molar-refractivity contribution in [2.75, 3.05) is 5.32 Å². The average molecular weight is 357 g/mol. The molecule has 0 aliphatic heterocycles. The second-order valence-corrected chi connectivity index (χ2v) is 6.31. The highest BCUT2D eigenvalue weighted by molar-refractivity contribution is 5.95. The van der Waals surface area contributed by atoms with E-state index in [9.17, 15) is 4.79 Å². The zero-order chi connectivity index (χ0) is 18.6. The lowest BCUT2D eigenvalue weighted by atomic mass is 10.1. The molecule has 0 saturated heterocycles. The van der Waals surface area contributed by atoms with E-state index in [-0.39, 0.29) is 5.91 Å². The SMILES string of the molecule is N[C@@H](Cc1ccncc1)C(=O)Nc1ccc(-n2cnc3ccccc32)cc1. The van der Waals surface area contributed by atoms with E-state index in [4.69, 9.17) is 5.73 Å². The summed E-state index contributed by atoms with van der Waals surface area (Å²) in [6.07, 6.45) is 5.65. The Kier molecular flexibility index (Phi) is 4.63. The van der Waals surface area contributed by atoms with Crippen molar-refractivity contribution < 1.29 is 4.79 Å². The quantitative estimate of drug-likeness (QED) is 0.575. The molecule has 0 saturated carbocycles. The van der Waals surface area contributed by atoms with E-state index in [1.165, 1.54) is 0 Å². The molecule has 1 atom stereocenters. The predicted molar refractivity (Wildman–Crippen MR) is 106 cm³/mol. The summed E-state index contributed by atoms with van der Waals surface area (Å²) in [6, 6.07) is 18.7. The Morgan fingerprint density at radius 2 is 1.78 bits per heavy atom. The van der Waals surface area contributed by atoms with Gasteiger partial charge in [-0.15, -0.1) is 0 Å². The highest BCUT2D eigenvalue weighted by atomic mass is 16.2. The van der Waals surface area contributed by atoms with Crippen molar-refractivity contribution in [2.45, 2.75) is 12.5 Å². The molecule has 0 bridgehead atoms.